The zero-order chi connectivity index (χ0) is 15.4. The highest BCUT2D eigenvalue weighted by Gasteiger charge is 2.21. The molecule has 1 N–H and O–H groups in total. The molecule has 9 heteroatoms. The minimum Gasteiger partial charge on any atom is -0.354 e. The third-order valence-corrected chi connectivity index (χ3v) is 2.82. The Morgan fingerprint density at radius 2 is 2.24 bits per heavy atom. The summed E-state index contributed by atoms with van der Waals surface area (Å²) in [5, 5.41) is 18.1. The number of aryl methyl sites for hydroxylation is 1. The summed E-state index contributed by atoms with van der Waals surface area (Å²) >= 11 is 0. The molecular formula is C12H17N7O2. The first-order chi connectivity index (χ1) is 10.0. The molecule has 112 valence electrons. The van der Waals surface area contributed by atoms with Crippen LogP contribution < -0.4 is 10.2 Å². The third kappa shape index (κ3) is 3.44. The molecule has 0 aliphatic heterocycles. The van der Waals surface area contributed by atoms with Crippen LogP contribution in [0, 0.1) is 10.1 Å². The van der Waals surface area contributed by atoms with Crippen LogP contribution in [0.4, 0.5) is 17.5 Å². The Kier molecular flexibility index (Phi) is 4.31. The van der Waals surface area contributed by atoms with Gasteiger partial charge in [0.25, 0.3) is 0 Å². The lowest BCUT2D eigenvalue weighted by molar-refractivity contribution is -0.384. The number of aromatic nitrogens is 4. The average Bonchev–Trinajstić information content (AvgIpc) is 2.84. The molecule has 2 aromatic rings. The molecule has 21 heavy (non-hydrogen) atoms. The summed E-state index contributed by atoms with van der Waals surface area (Å²) in [6.07, 6.45) is 4.80. The predicted octanol–water partition coefficient (Wildman–Crippen LogP) is 1.19. The molecule has 0 aliphatic carbocycles. The zero-order valence-corrected chi connectivity index (χ0v) is 12.1. The smallest absolute Gasteiger partial charge is 0.329 e. The van der Waals surface area contributed by atoms with Gasteiger partial charge in [-0.05, 0) is 6.92 Å². The van der Waals surface area contributed by atoms with E-state index in [4.69, 9.17) is 0 Å². The van der Waals surface area contributed by atoms with Crippen LogP contribution in [-0.2, 0) is 13.6 Å². The molecule has 0 saturated heterocycles. The highest BCUT2D eigenvalue weighted by molar-refractivity contribution is 5.58. The van der Waals surface area contributed by atoms with E-state index in [1.54, 1.807) is 22.8 Å². The standard InChI is InChI=1S/C12H17N7O2/c1-4-13-12-14-6-10(19(20)21)11(16-12)17(2)7-9-5-15-18(3)8-9/h5-6,8H,4,7H2,1-3H3,(H,13,14,16). The van der Waals surface area contributed by atoms with E-state index in [1.807, 2.05) is 20.2 Å². The Balaban J connectivity index is 2.30. The van der Waals surface area contributed by atoms with Gasteiger partial charge in [0, 0.05) is 38.9 Å². The lowest BCUT2D eigenvalue weighted by Gasteiger charge is -2.17. The van der Waals surface area contributed by atoms with Crippen LogP contribution in [0.15, 0.2) is 18.6 Å². The average molecular weight is 291 g/mol. The van der Waals surface area contributed by atoms with Gasteiger partial charge in [0.15, 0.2) is 0 Å². The van der Waals surface area contributed by atoms with Crippen molar-refractivity contribution in [1.82, 2.24) is 19.7 Å². The number of hydrogen-bond donors (Lipinski definition) is 1. The van der Waals surface area contributed by atoms with Crippen molar-refractivity contribution in [3.63, 3.8) is 0 Å². The van der Waals surface area contributed by atoms with Crippen molar-refractivity contribution in [2.24, 2.45) is 7.05 Å². The Morgan fingerprint density at radius 1 is 1.48 bits per heavy atom. The Morgan fingerprint density at radius 3 is 2.81 bits per heavy atom. The van der Waals surface area contributed by atoms with E-state index in [2.05, 4.69) is 20.4 Å². The van der Waals surface area contributed by atoms with Crippen molar-refractivity contribution >= 4 is 17.5 Å². The second kappa shape index (κ2) is 6.16. The Labute approximate surface area is 121 Å². The van der Waals surface area contributed by atoms with E-state index >= 15 is 0 Å². The minimum absolute atomic E-state index is 0.122. The fourth-order valence-corrected chi connectivity index (χ4v) is 1.92. The summed E-state index contributed by atoms with van der Waals surface area (Å²) in [6.45, 7) is 3.02. The van der Waals surface area contributed by atoms with Gasteiger partial charge in [-0.15, -0.1) is 0 Å². The first kappa shape index (κ1) is 14.7. The SMILES string of the molecule is CCNc1ncc([N+](=O)[O-])c(N(C)Cc2cnn(C)c2)n1. The monoisotopic (exact) mass is 291 g/mol. The molecule has 0 atom stereocenters. The minimum atomic E-state index is -0.481. The van der Waals surface area contributed by atoms with Gasteiger partial charge < -0.3 is 10.2 Å². The first-order valence-corrected chi connectivity index (χ1v) is 6.45. The number of nitrogens with zero attached hydrogens (tertiary/aromatic N) is 6. The van der Waals surface area contributed by atoms with E-state index in [0.717, 1.165) is 5.56 Å². The van der Waals surface area contributed by atoms with Crippen LogP contribution in [-0.4, -0.2) is 38.3 Å². The van der Waals surface area contributed by atoms with Crippen LogP contribution in [0.25, 0.3) is 0 Å². The van der Waals surface area contributed by atoms with Gasteiger partial charge in [0.05, 0.1) is 11.1 Å². The van der Waals surface area contributed by atoms with E-state index in [-0.39, 0.29) is 11.5 Å². The molecule has 9 nitrogen and oxygen atoms in total. The van der Waals surface area contributed by atoms with Crippen molar-refractivity contribution in [3.05, 3.63) is 34.3 Å². The fourth-order valence-electron chi connectivity index (χ4n) is 1.92. The highest BCUT2D eigenvalue weighted by Crippen LogP contribution is 2.26. The van der Waals surface area contributed by atoms with Crippen LogP contribution >= 0.6 is 0 Å². The molecule has 0 spiro atoms. The summed E-state index contributed by atoms with van der Waals surface area (Å²) in [6, 6.07) is 0. The lowest BCUT2D eigenvalue weighted by atomic mass is 10.3. The molecule has 0 radical (unpaired) electrons. The molecule has 0 saturated carbocycles. The van der Waals surface area contributed by atoms with E-state index in [9.17, 15) is 10.1 Å². The van der Waals surface area contributed by atoms with Crippen LogP contribution in [0.1, 0.15) is 12.5 Å². The number of hydrogen-bond acceptors (Lipinski definition) is 7. The van der Waals surface area contributed by atoms with Crippen molar-refractivity contribution < 1.29 is 4.92 Å². The Bertz CT molecular complexity index is 640. The highest BCUT2D eigenvalue weighted by atomic mass is 16.6. The normalized spacial score (nSPS) is 10.4. The van der Waals surface area contributed by atoms with Gasteiger partial charge in [-0.25, -0.2) is 4.98 Å². The molecule has 2 rings (SSSR count). The van der Waals surface area contributed by atoms with E-state index in [1.165, 1.54) is 6.20 Å². The number of rotatable bonds is 6. The lowest BCUT2D eigenvalue weighted by Crippen LogP contribution is -2.20. The van der Waals surface area contributed by atoms with Gasteiger partial charge in [-0.3, -0.25) is 14.8 Å². The fraction of sp³-hybridized carbons (Fsp3) is 0.417. The topological polar surface area (TPSA) is 102 Å². The van der Waals surface area contributed by atoms with Gasteiger partial charge >= 0.3 is 5.69 Å². The molecular weight excluding hydrogens is 274 g/mol. The van der Waals surface area contributed by atoms with Crippen LogP contribution in [0.5, 0.6) is 0 Å². The predicted molar refractivity (Wildman–Crippen MR) is 78.2 cm³/mol. The number of anilines is 2. The zero-order valence-electron chi connectivity index (χ0n) is 12.1. The van der Waals surface area contributed by atoms with Gasteiger partial charge in [-0.1, -0.05) is 0 Å². The van der Waals surface area contributed by atoms with Gasteiger partial charge in [0.2, 0.25) is 11.8 Å². The maximum atomic E-state index is 11.1. The maximum Gasteiger partial charge on any atom is 0.329 e. The molecule has 0 bridgehead atoms. The second-order valence-electron chi connectivity index (χ2n) is 4.57. The quantitative estimate of drug-likeness (QED) is 0.630. The molecule has 0 amide bonds. The second-order valence-corrected chi connectivity index (χ2v) is 4.57. The molecule has 0 aliphatic rings. The van der Waals surface area contributed by atoms with Crippen molar-refractivity contribution in [2.75, 3.05) is 23.8 Å². The molecule has 0 unspecified atom stereocenters. The summed E-state index contributed by atoms with van der Waals surface area (Å²) in [5.74, 6) is 0.644. The molecule has 2 aromatic heterocycles. The van der Waals surface area contributed by atoms with Crippen LogP contribution in [0.3, 0.4) is 0 Å². The molecule has 0 fully saturated rings. The first-order valence-electron chi connectivity index (χ1n) is 6.45. The summed E-state index contributed by atoms with van der Waals surface area (Å²) in [7, 11) is 3.57. The van der Waals surface area contributed by atoms with Crippen molar-refractivity contribution in [1.29, 1.82) is 0 Å². The van der Waals surface area contributed by atoms with E-state index < -0.39 is 4.92 Å². The van der Waals surface area contributed by atoms with Gasteiger partial charge in [0.1, 0.15) is 6.20 Å². The van der Waals surface area contributed by atoms with Crippen molar-refractivity contribution in [2.45, 2.75) is 13.5 Å². The van der Waals surface area contributed by atoms with E-state index in [0.29, 0.717) is 19.0 Å². The Hall–Kier alpha value is -2.71. The molecule has 2 heterocycles. The summed E-state index contributed by atoms with van der Waals surface area (Å²) in [4.78, 5) is 20.5. The van der Waals surface area contributed by atoms with Gasteiger partial charge in [-0.2, -0.15) is 10.1 Å². The van der Waals surface area contributed by atoms with Crippen molar-refractivity contribution in [3.8, 4) is 0 Å². The maximum absolute atomic E-state index is 11.1. The largest absolute Gasteiger partial charge is 0.354 e. The number of nitrogens with one attached hydrogen (secondary N) is 1. The summed E-state index contributed by atoms with van der Waals surface area (Å²) < 4.78 is 1.68. The summed E-state index contributed by atoms with van der Waals surface area (Å²) in [5.41, 5.74) is 0.820. The van der Waals surface area contributed by atoms with Crippen LogP contribution in [0.2, 0.25) is 0 Å². The third-order valence-electron chi connectivity index (χ3n) is 2.82. The molecule has 0 aromatic carbocycles. The number of nitro groups is 1.